The number of carbonyl (C=O) groups excluding carboxylic acids is 1. The van der Waals surface area contributed by atoms with Crippen molar-refractivity contribution in [2.45, 2.75) is 20.1 Å². The number of rotatable bonds is 6. The van der Waals surface area contributed by atoms with Crippen LogP contribution in [-0.4, -0.2) is 20.6 Å². The van der Waals surface area contributed by atoms with Crippen molar-refractivity contribution in [2.24, 2.45) is 4.99 Å². The average molecular weight is 406 g/mol. The fourth-order valence-corrected chi connectivity index (χ4v) is 3.41. The Morgan fingerprint density at radius 3 is 2.69 bits per heavy atom. The molecule has 0 saturated heterocycles. The Morgan fingerprint density at radius 1 is 1.17 bits per heavy atom. The number of ether oxygens (including phenoxy) is 1. The molecule has 4 aromatic rings. The first-order chi connectivity index (χ1) is 14.2. The summed E-state index contributed by atoms with van der Waals surface area (Å²) in [6.45, 7) is 2.58. The van der Waals surface area contributed by atoms with E-state index in [1.54, 1.807) is 31.2 Å². The smallest absolute Gasteiger partial charge is 0.279 e. The van der Waals surface area contributed by atoms with Crippen molar-refractivity contribution in [2.75, 3.05) is 0 Å². The Morgan fingerprint density at radius 2 is 1.97 bits per heavy atom. The van der Waals surface area contributed by atoms with Gasteiger partial charge in [0.15, 0.2) is 11.4 Å². The zero-order valence-electron chi connectivity index (χ0n) is 15.7. The van der Waals surface area contributed by atoms with Crippen LogP contribution >= 0.6 is 11.3 Å². The van der Waals surface area contributed by atoms with Gasteiger partial charge in [-0.1, -0.05) is 35.5 Å². The molecule has 0 saturated carbocycles. The summed E-state index contributed by atoms with van der Waals surface area (Å²) in [5, 5.41) is 5.70. The molecule has 0 aliphatic carbocycles. The van der Waals surface area contributed by atoms with Crippen LogP contribution in [0, 0.1) is 6.92 Å². The van der Waals surface area contributed by atoms with E-state index in [9.17, 15) is 4.79 Å². The fourth-order valence-electron chi connectivity index (χ4n) is 2.68. The van der Waals surface area contributed by atoms with E-state index in [4.69, 9.17) is 9.26 Å². The lowest BCUT2D eigenvalue weighted by molar-refractivity contribution is 0.0997. The lowest BCUT2D eigenvalue weighted by Gasteiger charge is -2.04. The van der Waals surface area contributed by atoms with Crippen molar-refractivity contribution in [3.63, 3.8) is 0 Å². The van der Waals surface area contributed by atoms with E-state index in [2.05, 4.69) is 15.1 Å². The Kier molecular flexibility index (Phi) is 5.62. The second kappa shape index (κ2) is 8.66. The molecule has 0 aliphatic heterocycles. The summed E-state index contributed by atoms with van der Waals surface area (Å²) in [7, 11) is 0. The van der Waals surface area contributed by atoms with E-state index in [0.29, 0.717) is 34.4 Å². The summed E-state index contributed by atoms with van der Waals surface area (Å²) >= 11 is 1.43. The summed E-state index contributed by atoms with van der Waals surface area (Å²) in [4.78, 5) is 21.6. The second-order valence-electron chi connectivity index (χ2n) is 6.26. The second-order valence-corrected chi connectivity index (χ2v) is 7.13. The molecule has 0 atom stereocenters. The highest BCUT2D eigenvalue weighted by Crippen LogP contribution is 2.14. The number of aromatic nitrogens is 3. The molecule has 0 fully saturated rings. The highest BCUT2D eigenvalue weighted by molar-refractivity contribution is 7.07. The third-order valence-corrected chi connectivity index (χ3v) is 4.89. The number of aryl methyl sites for hydroxylation is 1. The Labute approximate surface area is 170 Å². The van der Waals surface area contributed by atoms with Crippen LogP contribution < -0.4 is 9.54 Å². The van der Waals surface area contributed by atoms with Crippen molar-refractivity contribution in [1.29, 1.82) is 0 Å². The van der Waals surface area contributed by atoms with Gasteiger partial charge in [0.2, 0.25) is 11.7 Å². The minimum Gasteiger partial charge on any atom is -0.485 e. The molecule has 7 nitrogen and oxygen atoms in total. The minimum atomic E-state index is -0.297. The van der Waals surface area contributed by atoms with E-state index in [1.807, 2.05) is 46.5 Å². The van der Waals surface area contributed by atoms with Gasteiger partial charge in [0.25, 0.3) is 5.91 Å². The van der Waals surface area contributed by atoms with Gasteiger partial charge in [-0.25, -0.2) is 0 Å². The molecular weight excluding hydrogens is 388 g/mol. The topological polar surface area (TPSA) is 82.5 Å². The van der Waals surface area contributed by atoms with Gasteiger partial charge in [-0.2, -0.15) is 9.98 Å². The van der Waals surface area contributed by atoms with Crippen molar-refractivity contribution < 1.29 is 14.1 Å². The van der Waals surface area contributed by atoms with Crippen LogP contribution in [0.15, 0.2) is 75.7 Å². The summed E-state index contributed by atoms with van der Waals surface area (Å²) in [5.74, 6) is 1.27. The van der Waals surface area contributed by atoms with Crippen molar-refractivity contribution in [3.8, 4) is 5.75 Å². The zero-order chi connectivity index (χ0) is 20.1. The molecule has 8 heteroatoms. The maximum absolute atomic E-state index is 12.6. The number of carbonyl (C=O) groups is 1. The van der Waals surface area contributed by atoms with Gasteiger partial charge in [0.05, 0.1) is 0 Å². The first-order valence-electron chi connectivity index (χ1n) is 8.96. The van der Waals surface area contributed by atoms with Gasteiger partial charge in [-0.3, -0.25) is 4.79 Å². The molecule has 0 radical (unpaired) electrons. The molecule has 0 spiro atoms. The van der Waals surface area contributed by atoms with Crippen LogP contribution in [-0.2, 0) is 13.2 Å². The number of thiazole rings is 1. The van der Waals surface area contributed by atoms with Gasteiger partial charge in [-0.05, 0) is 29.8 Å². The van der Waals surface area contributed by atoms with Crippen LogP contribution in [0.5, 0.6) is 5.75 Å². The molecule has 4 rings (SSSR count). The fraction of sp³-hybridized carbons (Fsp3) is 0.143. The molecule has 2 aromatic carbocycles. The summed E-state index contributed by atoms with van der Waals surface area (Å²) in [5.41, 5.74) is 1.64. The summed E-state index contributed by atoms with van der Waals surface area (Å²) in [6.07, 6.45) is 1.93. The average Bonchev–Trinajstić information content (AvgIpc) is 3.36. The number of nitrogens with zero attached hydrogens (tertiary/aromatic N) is 4. The lowest BCUT2D eigenvalue weighted by Crippen LogP contribution is -2.17. The van der Waals surface area contributed by atoms with Gasteiger partial charge in [-0.15, -0.1) is 11.3 Å². The quantitative estimate of drug-likeness (QED) is 0.489. The molecule has 2 heterocycles. The molecule has 2 aromatic heterocycles. The molecule has 1 amide bonds. The van der Waals surface area contributed by atoms with E-state index < -0.39 is 0 Å². The molecule has 0 unspecified atom stereocenters. The normalized spacial score (nSPS) is 11.6. The third-order valence-electron chi connectivity index (χ3n) is 4.09. The zero-order valence-corrected chi connectivity index (χ0v) is 16.5. The van der Waals surface area contributed by atoms with E-state index in [1.165, 1.54) is 11.3 Å². The first-order valence-corrected chi connectivity index (χ1v) is 9.84. The highest BCUT2D eigenvalue weighted by atomic mass is 32.1. The number of hydrogen-bond acceptors (Lipinski definition) is 6. The standard InChI is InChI=1S/C21H18N4O3S/c1-15-22-19(24-28-15)14-27-18-9-7-17(8-10-18)20(26)23-21-25(11-12-29-21)13-16-5-3-2-4-6-16/h2-12H,13-14H2,1H3. The van der Waals surface area contributed by atoms with Crippen LogP contribution in [0.1, 0.15) is 27.6 Å². The Bertz CT molecular complexity index is 1160. The molecule has 146 valence electrons. The van der Waals surface area contributed by atoms with Gasteiger partial charge < -0.3 is 13.8 Å². The van der Waals surface area contributed by atoms with Crippen LogP contribution in [0.2, 0.25) is 0 Å². The maximum Gasteiger partial charge on any atom is 0.279 e. The maximum atomic E-state index is 12.6. The van der Waals surface area contributed by atoms with Gasteiger partial charge in [0, 0.05) is 30.6 Å². The van der Waals surface area contributed by atoms with Gasteiger partial charge in [0.1, 0.15) is 5.75 Å². The SMILES string of the molecule is Cc1nc(COc2ccc(C(=O)N=c3sccn3Cc3ccccc3)cc2)no1. The largest absolute Gasteiger partial charge is 0.485 e. The summed E-state index contributed by atoms with van der Waals surface area (Å²) in [6, 6.07) is 16.9. The van der Waals surface area contributed by atoms with E-state index >= 15 is 0 Å². The van der Waals surface area contributed by atoms with Crippen LogP contribution in [0.3, 0.4) is 0 Å². The minimum absolute atomic E-state index is 0.198. The third kappa shape index (κ3) is 4.85. The Balaban J connectivity index is 1.44. The molecule has 0 aliphatic rings. The van der Waals surface area contributed by atoms with Crippen LogP contribution in [0.25, 0.3) is 0 Å². The van der Waals surface area contributed by atoms with E-state index in [-0.39, 0.29) is 12.5 Å². The number of benzene rings is 2. The van der Waals surface area contributed by atoms with E-state index in [0.717, 1.165) is 5.56 Å². The van der Waals surface area contributed by atoms with Crippen molar-refractivity contribution >= 4 is 17.2 Å². The molecule has 0 bridgehead atoms. The van der Waals surface area contributed by atoms with Crippen molar-refractivity contribution in [3.05, 3.63) is 93.8 Å². The predicted octanol–water partition coefficient (Wildman–Crippen LogP) is 3.61. The highest BCUT2D eigenvalue weighted by Gasteiger charge is 2.07. The predicted molar refractivity (Wildman–Crippen MR) is 108 cm³/mol. The Hall–Kier alpha value is -3.52. The first kappa shape index (κ1) is 18.8. The van der Waals surface area contributed by atoms with Gasteiger partial charge >= 0.3 is 0 Å². The summed E-state index contributed by atoms with van der Waals surface area (Å²) < 4.78 is 12.5. The number of amides is 1. The van der Waals surface area contributed by atoms with Crippen molar-refractivity contribution in [1.82, 2.24) is 14.7 Å². The molecular formula is C21H18N4O3S. The lowest BCUT2D eigenvalue weighted by atomic mass is 10.2. The number of hydrogen-bond donors (Lipinski definition) is 0. The molecule has 29 heavy (non-hydrogen) atoms. The monoisotopic (exact) mass is 406 g/mol. The van der Waals surface area contributed by atoms with Crippen LogP contribution in [0.4, 0.5) is 0 Å². The molecule has 0 N–H and O–H groups in total.